The van der Waals surface area contributed by atoms with Crippen LogP contribution in [-0.2, 0) is 14.3 Å². The molecule has 2 N–H and O–H groups in total. The molecule has 2 rings (SSSR count). The summed E-state index contributed by atoms with van der Waals surface area (Å²) < 4.78 is 5.48. The van der Waals surface area contributed by atoms with Crippen molar-refractivity contribution in [1.29, 1.82) is 0 Å². The van der Waals surface area contributed by atoms with Crippen LogP contribution in [0.5, 0.6) is 0 Å². The number of hydrogen-bond acceptors (Lipinski definition) is 8. The number of carbonyl (C=O) groups excluding carboxylic acids is 2. The van der Waals surface area contributed by atoms with Gasteiger partial charge in [0.2, 0.25) is 11.0 Å². The molecule has 1 aliphatic heterocycles. The Labute approximate surface area is 149 Å². The highest BCUT2D eigenvalue weighted by Crippen LogP contribution is 2.25. The largest absolute Gasteiger partial charge is 0.465 e. The lowest BCUT2D eigenvalue weighted by atomic mass is 10.0. The molecule has 1 atom stereocenters. The molecule has 7 nitrogen and oxygen atoms in total. The van der Waals surface area contributed by atoms with Gasteiger partial charge in [-0.3, -0.25) is 9.59 Å². The molecule has 1 amide bonds. The van der Waals surface area contributed by atoms with Crippen LogP contribution in [0.25, 0.3) is 0 Å². The number of thioether (sulfide) groups is 1. The van der Waals surface area contributed by atoms with Crippen molar-refractivity contribution in [3.63, 3.8) is 0 Å². The van der Waals surface area contributed by atoms with E-state index in [-0.39, 0.29) is 30.0 Å². The van der Waals surface area contributed by atoms with Gasteiger partial charge in [0.15, 0.2) is 4.34 Å². The van der Waals surface area contributed by atoms with Gasteiger partial charge in [0.25, 0.3) is 0 Å². The molecule has 1 fully saturated rings. The number of nitrogens with zero attached hydrogens (tertiary/aromatic N) is 2. The van der Waals surface area contributed by atoms with Gasteiger partial charge in [-0.25, -0.2) is 0 Å². The smallest absolute Gasteiger partial charge is 0.316 e. The van der Waals surface area contributed by atoms with E-state index >= 15 is 0 Å². The Morgan fingerprint density at radius 3 is 3.00 bits per heavy atom. The molecular formula is C13H21ClN4O3S2. The standard InChI is InChI=1S/C13H20N4O3S2.ClH/c1-2-20-11(19)8-21-13-17-16-12(22-13)15-10(18)4-3-9-5-6-14-7-9;/h9,14H,2-8H2,1H3,(H,15,16,18);1H. The lowest BCUT2D eigenvalue weighted by Gasteiger charge is -2.06. The Morgan fingerprint density at radius 2 is 2.30 bits per heavy atom. The molecule has 1 unspecified atom stereocenters. The number of nitrogens with one attached hydrogen (secondary N) is 2. The van der Waals surface area contributed by atoms with E-state index in [1.165, 1.54) is 23.1 Å². The van der Waals surface area contributed by atoms with Crippen LogP contribution in [0.2, 0.25) is 0 Å². The maximum absolute atomic E-state index is 11.9. The lowest BCUT2D eigenvalue weighted by Crippen LogP contribution is -2.14. The van der Waals surface area contributed by atoms with Gasteiger partial charge in [-0.1, -0.05) is 23.1 Å². The third-order valence-corrected chi connectivity index (χ3v) is 5.16. The highest BCUT2D eigenvalue weighted by molar-refractivity contribution is 8.01. The van der Waals surface area contributed by atoms with Crippen LogP contribution in [0.4, 0.5) is 5.13 Å². The molecule has 0 spiro atoms. The summed E-state index contributed by atoms with van der Waals surface area (Å²) in [5, 5.41) is 14.4. The average Bonchev–Trinajstić information content (AvgIpc) is 3.15. The fraction of sp³-hybridized carbons (Fsp3) is 0.692. The number of rotatable bonds is 8. The van der Waals surface area contributed by atoms with Gasteiger partial charge in [0, 0.05) is 6.42 Å². The van der Waals surface area contributed by atoms with Gasteiger partial charge in [-0.05, 0) is 38.8 Å². The molecule has 0 bridgehead atoms. The number of halogens is 1. The molecule has 0 saturated carbocycles. The first-order valence-electron chi connectivity index (χ1n) is 7.30. The number of anilines is 1. The van der Waals surface area contributed by atoms with Crippen molar-refractivity contribution in [1.82, 2.24) is 15.5 Å². The molecule has 0 aromatic carbocycles. The Balaban J connectivity index is 0.00000264. The first-order valence-corrected chi connectivity index (χ1v) is 9.10. The normalized spacial score (nSPS) is 16.7. The van der Waals surface area contributed by atoms with Crippen LogP contribution in [0, 0.1) is 5.92 Å². The van der Waals surface area contributed by atoms with Gasteiger partial charge in [-0.2, -0.15) is 0 Å². The van der Waals surface area contributed by atoms with Crippen LogP contribution in [-0.4, -0.2) is 47.5 Å². The van der Waals surface area contributed by atoms with E-state index in [1.54, 1.807) is 6.92 Å². The number of ether oxygens (including phenoxy) is 1. The summed E-state index contributed by atoms with van der Waals surface area (Å²) in [6, 6.07) is 0. The molecule has 0 radical (unpaired) electrons. The van der Waals surface area contributed by atoms with E-state index in [9.17, 15) is 9.59 Å². The zero-order valence-electron chi connectivity index (χ0n) is 12.9. The number of aromatic nitrogens is 2. The monoisotopic (exact) mass is 380 g/mol. The summed E-state index contributed by atoms with van der Waals surface area (Å²) in [5.41, 5.74) is 0. The van der Waals surface area contributed by atoms with Gasteiger partial charge in [0.05, 0.1) is 12.4 Å². The van der Waals surface area contributed by atoms with E-state index in [0.717, 1.165) is 25.9 Å². The topological polar surface area (TPSA) is 93.2 Å². The van der Waals surface area contributed by atoms with E-state index in [4.69, 9.17) is 4.74 Å². The van der Waals surface area contributed by atoms with Crippen LogP contribution in [0.15, 0.2) is 4.34 Å². The summed E-state index contributed by atoms with van der Waals surface area (Å²) >= 11 is 2.53. The number of hydrogen-bond donors (Lipinski definition) is 2. The van der Waals surface area contributed by atoms with E-state index in [1.807, 2.05) is 0 Å². The van der Waals surface area contributed by atoms with Gasteiger partial charge in [0.1, 0.15) is 0 Å². The third-order valence-electron chi connectivity index (χ3n) is 3.21. The van der Waals surface area contributed by atoms with Crippen LogP contribution >= 0.6 is 35.5 Å². The van der Waals surface area contributed by atoms with Crippen molar-refractivity contribution >= 4 is 52.5 Å². The molecular weight excluding hydrogens is 360 g/mol. The number of esters is 1. The molecule has 1 aromatic heterocycles. The second kappa shape index (κ2) is 10.8. The van der Waals surface area contributed by atoms with Crippen molar-refractivity contribution in [2.45, 2.75) is 30.5 Å². The molecule has 10 heteroatoms. The zero-order valence-corrected chi connectivity index (χ0v) is 15.3. The van der Waals surface area contributed by atoms with Crippen molar-refractivity contribution in [3.8, 4) is 0 Å². The summed E-state index contributed by atoms with van der Waals surface area (Å²) in [7, 11) is 0. The Hall–Kier alpha value is -0.900. The van der Waals surface area contributed by atoms with Crippen LogP contribution in [0.3, 0.4) is 0 Å². The minimum absolute atomic E-state index is 0. The minimum Gasteiger partial charge on any atom is -0.465 e. The molecule has 2 heterocycles. The Bertz CT molecular complexity index is 509. The second-order valence-corrected chi connectivity index (χ2v) is 7.11. The average molecular weight is 381 g/mol. The minimum atomic E-state index is -0.279. The molecule has 0 aliphatic carbocycles. The summed E-state index contributed by atoms with van der Waals surface area (Å²) in [5.74, 6) is 0.477. The van der Waals surface area contributed by atoms with Crippen LogP contribution in [0.1, 0.15) is 26.2 Å². The summed E-state index contributed by atoms with van der Waals surface area (Å²) in [4.78, 5) is 23.1. The maximum Gasteiger partial charge on any atom is 0.316 e. The predicted octanol–water partition coefficient (Wildman–Crippen LogP) is 1.94. The maximum atomic E-state index is 11.9. The lowest BCUT2D eigenvalue weighted by molar-refractivity contribution is -0.139. The molecule has 1 aromatic rings. The van der Waals surface area contributed by atoms with Crippen molar-refractivity contribution in [2.75, 3.05) is 30.8 Å². The molecule has 1 aliphatic rings. The first kappa shape index (κ1) is 20.1. The number of carbonyl (C=O) groups is 2. The Morgan fingerprint density at radius 1 is 1.48 bits per heavy atom. The summed E-state index contributed by atoms with van der Waals surface area (Å²) in [6.45, 7) is 4.18. The van der Waals surface area contributed by atoms with Crippen molar-refractivity contribution in [2.24, 2.45) is 5.92 Å². The first-order chi connectivity index (χ1) is 10.7. The summed E-state index contributed by atoms with van der Waals surface area (Å²) in [6.07, 6.45) is 2.53. The van der Waals surface area contributed by atoms with E-state index < -0.39 is 0 Å². The van der Waals surface area contributed by atoms with Crippen molar-refractivity contribution in [3.05, 3.63) is 0 Å². The van der Waals surface area contributed by atoms with Crippen molar-refractivity contribution < 1.29 is 14.3 Å². The van der Waals surface area contributed by atoms with Gasteiger partial charge >= 0.3 is 5.97 Å². The second-order valence-electron chi connectivity index (χ2n) is 4.91. The highest BCUT2D eigenvalue weighted by atomic mass is 35.5. The Kier molecular flexibility index (Phi) is 9.46. The third kappa shape index (κ3) is 7.47. The fourth-order valence-corrected chi connectivity index (χ4v) is 3.69. The zero-order chi connectivity index (χ0) is 15.8. The fourth-order valence-electron chi connectivity index (χ4n) is 2.12. The predicted molar refractivity (Wildman–Crippen MR) is 93.4 cm³/mol. The SMILES string of the molecule is CCOC(=O)CSc1nnc(NC(=O)CCC2CCNC2)s1.Cl. The van der Waals surface area contributed by atoms with E-state index in [2.05, 4.69) is 20.8 Å². The van der Waals surface area contributed by atoms with Crippen LogP contribution < -0.4 is 10.6 Å². The molecule has 23 heavy (non-hydrogen) atoms. The quantitative estimate of drug-likeness (QED) is 0.404. The number of amides is 1. The highest BCUT2D eigenvalue weighted by Gasteiger charge is 2.16. The molecule has 1 saturated heterocycles. The van der Waals surface area contributed by atoms with Gasteiger partial charge in [-0.15, -0.1) is 22.6 Å². The van der Waals surface area contributed by atoms with E-state index in [0.29, 0.717) is 28.4 Å². The molecule has 130 valence electrons. The van der Waals surface area contributed by atoms with Gasteiger partial charge < -0.3 is 15.4 Å².